The van der Waals surface area contributed by atoms with Gasteiger partial charge < -0.3 is 11.1 Å². The maximum absolute atomic E-state index is 5.81. The van der Waals surface area contributed by atoms with Crippen LogP contribution in [-0.4, -0.2) is 19.0 Å². The largest absolute Gasteiger partial charge is 0.370 e. The molecule has 2 aliphatic rings. The van der Waals surface area contributed by atoms with E-state index in [1.54, 1.807) is 0 Å². The Balaban J connectivity index is 1.58. The van der Waals surface area contributed by atoms with Gasteiger partial charge in [0, 0.05) is 13.1 Å². The van der Waals surface area contributed by atoms with Gasteiger partial charge in [-0.2, -0.15) is 0 Å². The topological polar surface area (TPSA) is 50.4 Å². The number of hydrogen-bond acceptors (Lipinski definition) is 1. The van der Waals surface area contributed by atoms with Crippen LogP contribution >= 0.6 is 0 Å². The number of rotatable bonds is 6. The number of nitrogens with one attached hydrogen (secondary N) is 1. The van der Waals surface area contributed by atoms with E-state index in [-0.39, 0.29) is 0 Å². The first-order valence-electron chi connectivity index (χ1n) is 7.33. The van der Waals surface area contributed by atoms with Crippen LogP contribution in [-0.2, 0) is 0 Å². The third-order valence-corrected chi connectivity index (χ3v) is 4.50. The minimum atomic E-state index is 0.640. The fourth-order valence-corrected chi connectivity index (χ4v) is 3.53. The number of nitrogens with zero attached hydrogens (tertiary/aromatic N) is 1. The van der Waals surface area contributed by atoms with Crippen LogP contribution in [0, 0.1) is 17.8 Å². The van der Waals surface area contributed by atoms with Gasteiger partial charge >= 0.3 is 0 Å². The molecule has 0 heterocycles. The molecule has 0 aromatic rings. The summed E-state index contributed by atoms with van der Waals surface area (Å²) in [5, 5.41) is 3.26. The van der Waals surface area contributed by atoms with Crippen molar-refractivity contribution in [3.8, 4) is 0 Å². The lowest BCUT2D eigenvalue weighted by Gasteiger charge is -2.21. The summed E-state index contributed by atoms with van der Waals surface area (Å²) in [5.41, 5.74) is 5.81. The van der Waals surface area contributed by atoms with Gasteiger partial charge in [-0.3, -0.25) is 4.99 Å². The second kappa shape index (κ2) is 6.27. The SMILES string of the molecule is CCCCN=C(N)NCCC1CC2CCC1C2. The molecule has 17 heavy (non-hydrogen) atoms. The second-order valence-electron chi connectivity index (χ2n) is 5.77. The molecular weight excluding hydrogens is 210 g/mol. The highest BCUT2D eigenvalue weighted by atomic mass is 15.1. The molecule has 0 radical (unpaired) electrons. The van der Waals surface area contributed by atoms with Crippen molar-refractivity contribution in [1.29, 1.82) is 0 Å². The Bertz CT molecular complexity index is 262. The van der Waals surface area contributed by atoms with Gasteiger partial charge in [0.25, 0.3) is 0 Å². The van der Waals surface area contributed by atoms with Crippen molar-refractivity contribution < 1.29 is 0 Å². The van der Waals surface area contributed by atoms with Crippen LogP contribution < -0.4 is 11.1 Å². The van der Waals surface area contributed by atoms with Crippen LogP contribution in [0.1, 0.15) is 51.9 Å². The molecule has 3 nitrogen and oxygen atoms in total. The van der Waals surface area contributed by atoms with E-state index < -0.39 is 0 Å². The van der Waals surface area contributed by atoms with Crippen LogP contribution in [0.15, 0.2) is 4.99 Å². The number of guanidine groups is 1. The molecule has 0 aliphatic heterocycles. The maximum Gasteiger partial charge on any atom is 0.188 e. The van der Waals surface area contributed by atoms with Crippen molar-refractivity contribution in [2.75, 3.05) is 13.1 Å². The average Bonchev–Trinajstić information content (AvgIpc) is 2.91. The maximum atomic E-state index is 5.81. The van der Waals surface area contributed by atoms with Gasteiger partial charge in [0.15, 0.2) is 5.96 Å². The van der Waals surface area contributed by atoms with E-state index in [0.717, 1.165) is 37.3 Å². The summed E-state index contributed by atoms with van der Waals surface area (Å²) in [6, 6.07) is 0. The fourth-order valence-electron chi connectivity index (χ4n) is 3.53. The van der Waals surface area contributed by atoms with Gasteiger partial charge in [-0.25, -0.2) is 0 Å². The standard InChI is InChI=1S/C14H27N3/c1-2-3-7-16-14(15)17-8-6-13-10-11-4-5-12(13)9-11/h11-13H,2-10H2,1H3,(H3,15,16,17). The van der Waals surface area contributed by atoms with Gasteiger partial charge in [-0.05, 0) is 49.9 Å². The number of unbranched alkanes of at least 4 members (excludes halogenated alkanes) is 1. The first-order chi connectivity index (χ1) is 8.29. The van der Waals surface area contributed by atoms with Crippen molar-refractivity contribution in [1.82, 2.24) is 5.32 Å². The second-order valence-corrected chi connectivity index (χ2v) is 5.77. The van der Waals surface area contributed by atoms with Crippen LogP contribution in [0.2, 0.25) is 0 Å². The summed E-state index contributed by atoms with van der Waals surface area (Å²) in [5.74, 6) is 3.69. The van der Waals surface area contributed by atoms with Gasteiger partial charge in [0.05, 0.1) is 0 Å². The first kappa shape index (κ1) is 12.7. The van der Waals surface area contributed by atoms with Crippen LogP contribution in [0.5, 0.6) is 0 Å². The van der Waals surface area contributed by atoms with E-state index >= 15 is 0 Å². The normalized spacial score (nSPS) is 32.1. The molecule has 2 aliphatic carbocycles. The van der Waals surface area contributed by atoms with Gasteiger partial charge in [0.1, 0.15) is 0 Å². The van der Waals surface area contributed by atoms with Crippen LogP contribution in [0.4, 0.5) is 0 Å². The molecule has 3 N–H and O–H groups in total. The molecule has 0 aromatic heterocycles. The molecule has 0 amide bonds. The predicted molar refractivity (Wildman–Crippen MR) is 73.0 cm³/mol. The number of hydrogen-bond donors (Lipinski definition) is 2. The van der Waals surface area contributed by atoms with Crippen LogP contribution in [0.25, 0.3) is 0 Å². The highest BCUT2D eigenvalue weighted by Gasteiger charge is 2.38. The Labute approximate surface area is 105 Å². The van der Waals surface area contributed by atoms with Gasteiger partial charge in [0.2, 0.25) is 0 Å². The Hall–Kier alpha value is -0.730. The molecule has 2 saturated carbocycles. The highest BCUT2D eigenvalue weighted by Crippen LogP contribution is 2.49. The summed E-state index contributed by atoms with van der Waals surface area (Å²) in [6.07, 6.45) is 9.55. The molecule has 98 valence electrons. The third-order valence-electron chi connectivity index (χ3n) is 4.50. The predicted octanol–water partition coefficient (Wildman–Crippen LogP) is 2.52. The molecule has 3 heteroatoms. The average molecular weight is 237 g/mol. The number of fused-ring (bicyclic) bond motifs is 2. The van der Waals surface area contributed by atoms with E-state index in [0.29, 0.717) is 5.96 Å². The quantitative estimate of drug-likeness (QED) is 0.424. The van der Waals surface area contributed by atoms with E-state index in [1.165, 1.54) is 38.5 Å². The van der Waals surface area contributed by atoms with E-state index in [1.807, 2.05) is 0 Å². The molecule has 2 fully saturated rings. The van der Waals surface area contributed by atoms with Crippen molar-refractivity contribution in [2.24, 2.45) is 28.5 Å². The van der Waals surface area contributed by atoms with E-state index in [9.17, 15) is 0 Å². The smallest absolute Gasteiger partial charge is 0.188 e. The Morgan fingerprint density at radius 3 is 2.88 bits per heavy atom. The zero-order valence-electron chi connectivity index (χ0n) is 11.1. The summed E-state index contributed by atoms with van der Waals surface area (Å²) in [6.45, 7) is 4.05. The summed E-state index contributed by atoms with van der Waals surface area (Å²) < 4.78 is 0. The Morgan fingerprint density at radius 2 is 2.24 bits per heavy atom. The molecular formula is C14H27N3. The lowest BCUT2D eigenvalue weighted by molar-refractivity contribution is 0.315. The van der Waals surface area contributed by atoms with Crippen molar-refractivity contribution in [3.63, 3.8) is 0 Å². The minimum Gasteiger partial charge on any atom is -0.370 e. The van der Waals surface area contributed by atoms with E-state index in [4.69, 9.17) is 5.73 Å². The molecule has 3 unspecified atom stereocenters. The number of nitrogens with two attached hydrogens (primary N) is 1. The lowest BCUT2D eigenvalue weighted by Crippen LogP contribution is -2.33. The molecule has 3 atom stereocenters. The summed E-state index contributed by atoms with van der Waals surface area (Å²) in [4.78, 5) is 4.31. The van der Waals surface area contributed by atoms with Gasteiger partial charge in [-0.1, -0.05) is 19.8 Å². The van der Waals surface area contributed by atoms with Crippen LogP contribution in [0.3, 0.4) is 0 Å². The van der Waals surface area contributed by atoms with Crippen molar-refractivity contribution in [3.05, 3.63) is 0 Å². The van der Waals surface area contributed by atoms with Crippen molar-refractivity contribution >= 4 is 5.96 Å². The number of aliphatic imine (C=N–C) groups is 1. The molecule has 0 saturated heterocycles. The van der Waals surface area contributed by atoms with Gasteiger partial charge in [-0.15, -0.1) is 0 Å². The molecule has 0 spiro atoms. The zero-order chi connectivity index (χ0) is 12.1. The Morgan fingerprint density at radius 1 is 1.35 bits per heavy atom. The molecule has 2 bridgehead atoms. The van der Waals surface area contributed by atoms with E-state index in [2.05, 4.69) is 17.2 Å². The highest BCUT2D eigenvalue weighted by molar-refractivity contribution is 5.77. The molecule has 2 rings (SSSR count). The third kappa shape index (κ3) is 3.62. The summed E-state index contributed by atoms with van der Waals surface area (Å²) in [7, 11) is 0. The molecule has 0 aromatic carbocycles. The first-order valence-corrected chi connectivity index (χ1v) is 7.33. The minimum absolute atomic E-state index is 0.640. The summed E-state index contributed by atoms with van der Waals surface area (Å²) >= 11 is 0. The fraction of sp³-hybridized carbons (Fsp3) is 0.929. The Kier molecular flexibility index (Phi) is 4.69. The zero-order valence-corrected chi connectivity index (χ0v) is 11.1. The monoisotopic (exact) mass is 237 g/mol. The lowest BCUT2D eigenvalue weighted by atomic mass is 9.86. The van der Waals surface area contributed by atoms with Crippen molar-refractivity contribution in [2.45, 2.75) is 51.9 Å².